The Hall–Kier alpha value is -0.160. The molecular weight excluding hydrogens is 122 g/mol. The smallest absolute Gasteiger partial charge is 0.0946 e. The Bertz CT molecular complexity index is 76.6. The van der Waals surface area contributed by atoms with Crippen molar-refractivity contribution in [1.82, 2.24) is 0 Å². The molecule has 4 nitrogen and oxygen atoms in total. The van der Waals surface area contributed by atoms with Crippen LogP contribution in [0.4, 0.5) is 0 Å². The fraction of sp³-hybridized carbons (Fsp3) is 0.800. The zero-order valence-electron chi connectivity index (χ0n) is 5.07. The van der Waals surface area contributed by atoms with Gasteiger partial charge in [-0.15, -0.1) is 0 Å². The Kier molecular flexibility index (Phi) is 3.72. The van der Waals surface area contributed by atoms with E-state index in [0.717, 1.165) is 0 Å². The van der Waals surface area contributed by atoms with E-state index in [9.17, 15) is 0 Å². The van der Waals surface area contributed by atoms with Crippen molar-refractivity contribution in [2.24, 2.45) is 5.73 Å². The van der Waals surface area contributed by atoms with Crippen LogP contribution >= 0.6 is 0 Å². The van der Waals surface area contributed by atoms with Crippen LogP contribution in [0.1, 0.15) is 0 Å². The summed E-state index contributed by atoms with van der Waals surface area (Å²) < 4.78 is 0. The molecule has 0 saturated carbocycles. The molecule has 0 fully saturated rings. The van der Waals surface area contributed by atoms with Crippen molar-refractivity contribution in [2.45, 2.75) is 18.2 Å². The third-order valence-electron chi connectivity index (χ3n) is 1.08. The molecule has 9 heavy (non-hydrogen) atoms. The van der Waals surface area contributed by atoms with E-state index in [0.29, 0.717) is 0 Å². The maximum Gasteiger partial charge on any atom is 0.0946 e. The molecule has 0 aromatic carbocycles. The number of hydrogen-bond acceptors (Lipinski definition) is 4. The standard InChI is InChI=1S/C5H12NO3/c1-3(8)5(6)4(9)2-7/h3-5,7-9H,1-2,6H2. The van der Waals surface area contributed by atoms with Crippen LogP contribution in [-0.4, -0.2) is 40.2 Å². The second-order valence-corrected chi connectivity index (χ2v) is 1.89. The van der Waals surface area contributed by atoms with Gasteiger partial charge < -0.3 is 21.1 Å². The Morgan fingerprint density at radius 2 is 1.89 bits per heavy atom. The lowest BCUT2D eigenvalue weighted by molar-refractivity contribution is 0.0356. The number of hydrogen-bond donors (Lipinski definition) is 4. The van der Waals surface area contributed by atoms with E-state index >= 15 is 0 Å². The topological polar surface area (TPSA) is 86.7 Å². The van der Waals surface area contributed by atoms with Crippen LogP contribution in [0.25, 0.3) is 0 Å². The highest BCUT2D eigenvalue weighted by Gasteiger charge is 2.17. The zero-order valence-corrected chi connectivity index (χ0v) is 5.07. The first kappa shape index (κ1) is 8.84. The molecule has 5 N–H and O–H groups in total. The first-order chi connectivity index (χ1) is 4.09. The van der Waals surface area contributed by atoms with Gasteiger partial charge in [-0.1, -0.05) is 0 Å². The van der Waals surface area contributed by atoms with Gasteiger partial charge in [-0.2, -0.15) is 0 Å². The van der Waals surface area contributed by atoms with Crippen molar-refractivity contribution < 1.29 is 15.3 Å². The van der Waals surface area contributed by atoms with Crippen LogP contribution in [0.2, 0.25) is 0 Å². The lowest BCUT2D eigenvalue weighted by Gasteiger charge is -2.18. The van der Waals surface area contributed by atoms with Gasteiger partial charge in [0, 0.05) is 0 Å². The molecule has 0 aliphatic heterocycles. The highest BCUT2D eigenvalue weighted by molar-refractivity contribution is 4.79. The second kappa shape index (κ2) is 3.79. The predicted molar refractivity (Wildman–Crippen MR) is 32.4 cm³/mol. The summed E-state index contributed by atoms with van der Waals surface area (Å²) in [5.41, 5.74) is 5.15. The summed E-state index contributed by atoms with van der Waals surface area (Å²) in [4.78, 5) is 0. The molecule has 0 bridgehead atoms. The SMILES string of the molecule is [CH2]C(O)C(N)C(O)CO. The van der Waals surface area contributed by atoms with Crippen molar-refractivity contribution in [2.75, 3.05) is 6.61 Å². The van der Waals surface area contributed by atoms with E-state index in [1.165, 1.54) is 0 Å². The van der Waals surface area contributed by atoms with Crippen LogP contribution in [0.3, 0.4) is 0 Å². The van der Waals surface area contributed by atoms with E-state index < -0.39 is 24.9 Å². The summed E-state index contributed by atoms with van der Waals surface area (Å²) in [5, 5.41) is 25.6. The Labute approximate surface area is 53.9 Å². The quantitative estimate of drug-likeness (QED) is 0.355. The van der Waals surface area contributed by atoms with Gasteiger partial charge in [0.2, 0.25) is 0 Å². The molecular formula is C5H12NO3. The highest BCUT2D eigenvalue weighted by Crippen LogP contribution is 1.93. The number of aliphatic hydroxyl groups excluding tert-OH is 3. The molecule has 4 heteroatoms. The summed E-state index contributed by atoms with van der Waals surface area (Å²) >= 11 is 0. The van der Waals surface area contributed by atoms with E-state index in [1.807, 2.05) is 0 Å². The van der Waals surface area contributed by atoms with Crippen LogP contribution in [0.15, 0.2) is 0 Å². The first-order valence-corrected chi connectivity index (χ1v) is 2.65. The predicted octanol–water partition coefficient (Wildman–Crippen LogP) is -2.14. The minimum Gasteiger partial charge on any atom is -0.394 e. The normalized spacial score (nSPS) is 21.0. The van der Waals surface area contributed by atoms with Gasteiger partial charge >= 0.3 is 0 Å². The van der Waals surface area contributed by atoms with Crippen molar-refractivity contribution in [3.63, 3.8) is 0 Å². The first-order valence-electron chi connectivity index (χ1n) is 2.65. The van der Waals surface area contributed by atoms with Gasteiger partial charge in [-0.3, -0.25) is 0 Å². The van der Waals surface area contributed by atoms with E-state index in [2.05, 4.69) is 6.92 Å². The van der Waals surface area contributed by atoms with Gasteiger partial charge in [0.05, 0.1) is 24.9 Å². The molecule has 55 valence electrons. The van der Waals surface area contributed by atoms with Gasteiger partial charge in [0.15, 0.2) is 0 Å². The third-order valence-corrected chi connectivity index (χ3v) is 1.08. The van der Waals surface area contributed by atoms with Crippen LogP contribution in [0.5, 0.6) is 0 Å². The molecule has 0 amide bonds. The Balaban J connectivity index is 3.58. The van der Waals surface area contributed by atoms with Crippen LogP contribution in [-0.2, 0) is 0 Å². The molecule has 3 unspecified atom stereocenters. The van der Waals surface area contributed by atoms with Crippen LogP contribution < -0.4 is 5.73 Å². The van der Waals surface area contributed by atoms with Gasteiger partial charge in [-0.25, -0.2) is 0 Å². The number of rotatable bonds is 3. The molecule has 0 rings (SSSR count). The maximum absolute atomic E-state index is 8.72. The zero-order chi connectivity index (χ0) is 7.44. The van der Waals surface area contributed by atoms with E-state index in [4.69, 9.17) is 21.1 Å². The van der Waals surface area contributed by atoms with E-state index in [-0.39, 0.29) is 0 Å². The summed E-state index contributed by atoms with van der Waals surface area (Å²) in [6, 6.07) is -0.866. The number of aliphatic hydroxyl groups is 3. The molecule has 0 aliphatic carbocycles. The van der Waals surface area contributed by atoms with Gasteiger partial charge in [0.25, 0.3) is 0 Å². The summed E-state index contributed by atoms with van der Waals surface area (Å²) in [7, 11) is 0. The lowest BCUT2D eigenvalue weighted by Crippen LogP contribution is -2.45. The van der Waals surface area contributed by atoms with Crippen molar-refractivity contribution >= 4 is 0 Å². The van der Waals surface area contributed by atoms with E-state index in [1.54, 1.807) is 0 Å². The molecule has 0 saturated heterocycles. The molecule has 1 radical (unpaired) electrons. The largest absolute Gasteiger partial charge is 0.394 e. The highest BCUT2D eigenvalue weighted by atomic mass is 16.3. The van der Waals surface area contributed by atoms with Crippen molar-refractivity contribution in [3.05, 3.63) is 6.92 Å². The molecule has 0 aliphatic rings. The monoisotopic (exact) mass is 134 g/mol. The average Bonchev–Trinajstić information content (AvgIpc) is 1.84. The summed E-state index contributed by atoms with van der Waals surface area (Å²) in [5.74, 6) is 0. The summed E-state index contributed by atoms with van der Waals surface area (Å²) in [6.07, 6.45) is -2.12. The Morgan fingerprint density at radius 1 is 1.44 bits per heavy atom. The van der Waals surface area contributed by atoms with Crippen molar-refractivity contribution in [3.8, 4) is 0 Å². The molecule has 0 heterocycles. The summed E-state index contributed by atoms with van der Waals surface area (Å²) in [6.45, 7) is 2.72. The lowest BCUT2D eigenvalue weighted by atomic mass is 10.1. The molecule has 0 aromatic rings. The minimum atomic E-state index is -1.09. The third kappa shape index (κ3) is 2.76. The molecule has 0 spiro atoms. The average molecular weight is 134 g/mol. The fourth-order valence-electron chi connectivity index (χ4n) is 0.378. The minimum absolute atomic E-state index is 0.451. The Morgan fingerprint density at radius 3 is 2.00 bits per heavy atom. The maximum atomic E-state index is 8.72. The number of nitrogens with two attached hydrogens (primary N) is 1. The second-order valence-electron chi connectivity index (χ2n) is 1.89. The van der Waals surface area contributed by atoms with Crippen LogP contribution in [0, 0.1) is 6.92 Å². The van der Waals surface area contributed by atoms with Gasteiger partial charge in [0.1, 0.15) is 0 Å². The molecule has 3 atom stereocenters. The van der Waals surface area contributed by atoms with Gasteiger partial charge in [-0.05, 0) is 6.92 Å². The van der Waals surface area contributed by atoms with Crippen molar-refractivity contribution in [1.29, 1.82) is 0 Å². The fourth-order valence-corrected chi connectivity index (χ4v) is 0.378. The molecule has 0 aromatic heterocycles.